The monoisotopic (exact) mass is 472 g/mol. The van der Waals surface area contributed by atoms with Crippen molar-refractivity contribution in [3.8, 4) is 0 Å². The van der Waals surface area contributed by atoms with Gasteiger partial charge in [0.2, 0.25) is 0 Å². The van der Waals surface area contributed by atoms with E-state index in [4.69, 9.17) is 4.42 Å². The maximum absolute atomic E-state index is 5.68. The Morgan fingerprint density at radius 1 is 1.42 bits per heavy atom. The van der Waals surface area contributed by atoms with Gasteiger partial charge in [-0.2, -0.15) is 0 Å². The molecule has 2 aromatic rings. The van der Waals surface area contributed by atoms with Crippen molar-refractivity contribution < 1.29 is 4.42 Å². The Bertz CT molecular complexity index is 721. The number of aromatic nitrogens is 3. The Morgan fingerprint density at radius 3 is 2.81 bits per heavy atom. The van der Waals surface area contributed by atoms with Crippen LogP contribution in [0.5, 0.6) is 0 Å². The van der Waals surface area contributed by atoms with Crippen molar-refractivity contribution in [1.29, 1.82) is 0 Å². The molecule has 2 heterocycles. The highest BCUT2D eigenvalue weighted by molar-refractivity contribution is 14.0. The molecule has 0 radical (unpaired) electrons. The molecule has 0 saturated carbocycles. The van der Waals surface area contributed by atoms with Gasteiger partial charge in [-0.05, 0) is 32.9 Å². The first-order valence-corrected chi connectivity index (χ1v) is 8.61. The first-order valence-electron chi connectivity index (χ1n) is 8.61. The highest BCUT2D eigenvalue weighted by Crippen LogP contribution is 2.15. The minimum Gasteiger partial charge on any atom is -0.464 e. The molecule has 0 saturated heterocycles. The molecule has 7 nitrogen and oxygen atoms in total. The van der Waals surface area contributed by atoms with Crippen LogP contribution >= 0.6 is 24.0 Å². The number of hydrogen-bond acceptors (Lipinski definition) is 4. The molecule has 0 fully saturated rings. The maximum atomic E-state index is 5.68. The molecular weight excluding hydrogens is 443 g/mol. The van der Waals surface area contributed by atoms with Crippen LogP contribution in [0.3, 0.4) is 0 Å². The molecule has 0 bridgehead atoms. The van der Waals surface area contributed by atoms with Gasteiger partial charge >= 0.3 is 0 Å². The third-order valence-electron chi connectivity index (χ3n) is 3.71. The van der Waals surface area contributed by atoms with Gasteiger partial charge in [-0.15, -0.1) is 34.2 Å². The van der Waals surface area contributed by atoms with Crippen LogP contribution in [0.2, 0.25) is 0 Å². The smallest absolute Gasteiger partial charge is 0.192 e. The Labute approximate surface area is 172 Å². The van der Waals surface area contributed by atoms with Crippen molar-refractivity contribution in [3.63, 3.8) is 0 Å². The normalized spacial score (nSPS) is 12.4. The molecule has 0 aliphatic carbocycles. The van der Waals surface area contributed by atoms with Gasteiger partial charge in [0.25, 0.3) is 0 Å². The van der Waals surface area contributed by atoms with Crippen molar-refractivity contribution in [3.05, 3.63) is 48.0 Å². The van der Waals surface area contributed by atoms with Crippen LogP contribution in [0.4, 0.5) is 0 Å². The lowest BCUT2D eigenvalue weighted by Crippen LogP contribution is -2.40. The van der Waals surface area contributed by atoms with Crippen LogP contribution in [0.25, 0.3) is 0 Å². The van der Waals surface area contributed by atoms with Crippen LogP contribution in [0.15, 0.2) is 40.0 Å². The fourth-order valence-electron chi connectivity index (χ4n) is 2.36. The van der Waals surface area contributed by atoms with Crippen molar-refractivity contribution in [2.45, 2.75) is 46.7 Å². The van der Waals surface area contributed by atoms with Gasteiger partial charge in [-0.1, -0.05) is 19.1 Å². The molecule has 26 heavy (non-hydrogen) atoms. The quantitative estimate of drug-likeness (QED) is 0.267. The van der Waals surface area contributed by atoms with E-state index in [0.29, 0.717) is 6.54 Å². The zero-order valence-electron chi connectivity index (χ0n) is 16.0. The van der Waals surface area contributed by atoms with E-state index < -0.39 is 0 Å². The Morgan fingerprint density at radius 2 is 2.19 bits per heavy atom. The summed E-state index contributed by atoms with van der Waals surface area (Å²) >= 11 is 0. The summed E-state index contributed by atoms with van der Waals surface area (Å²) < 4.78 is 7.73. The van der Waals surface area contributed by atoms with E-state index in [2.05, 4.69) is 39.3 Å². The molecule has 0 aliphatic rings. The van der Waals surface area contributed by atoms with Crippen LogP contribution in [0.1, 0.15) is 44.2 Å². The SMILES string of the molecule is C=C(C)CN=C(NCCn1cnnc1CC)NC(C)c1ccc(C)o1.I. The summed E-state index contributed by atoms with van der Waals surface area (Å²) in [5.74, 6) is 3.50. The number of rotatable bonds is 8. The minimum atomic E-state index is 0. The van der Waals surface area contributed by atoms with E-state index >= 15 is 0 Å². The molecule has 1 unspecified atom stereocenters. The molecule has 0 amide bonds. The largest absolute Gasteiger partial charge is 0.464 e. The van der Waals surface area contributed by atoms with Gasteiger partial charge in [-0.3, -0.25) is 0 Å². The summed E-state index contributed by atoms with van der Waals surface area (Å²) in [7, 11) is 0. The molecule has 0 aliphatic heterocycles. The molecule has 8 heteroatoms. The minimum absolute atomic E-state index is 0. The Hall–Kier alpha value is -1.84. The zero-order valence-corrected chi connectivity index (χ0v) is 18.3. The molecule has 0 spiro atoms. The fraction of sp³-hybridized carbons (Fsp3) is 0.500. The number of halogens is 1. The van der Waals surface area contributed by atoms with E-state index in [0.717, 1.165) is 48.4 Å². The maximum Gasteiger partial charge on any atom is 0.192 e. The number of aryl methyl sites for hydroxylation is 2. The van der Waals surface area contributed by atoms with Crippen LogP contribution in [-0.4, -0.2) is 33.8 Å². The molecule has 2 N–H and O–H groups in total. The van der Waals surface area contributed by atoms with E-state index in [9.17, 15) is 0 Å². The highest BCUT2D eigenvalue weighted by Gasteiger charge is 2.11. The number of aliphatic imine (C=N–C) groups is 1. The van der Waals surface area contributed by atoms with E-state index in [-0.39, 0.29) is 30.0 Å². The summed E-state index contributed by atoms with van der Waals surface area (Å²) in [5.41, 5.74) is 1.01. The number of nitrogens with zero attached hydrogens (tertiary/aromatic N) is 4. The van der Waals surface area contributed by atoms with Crippen molar-refractivity contribution in [1.82, 2.24) is 25.4 Å². The van der Waals surface area contributed by atoms with Gasteiger partial charge in [0, 0.05) is 19.5 Å². The zero-order chi connectivity index (χ0) is 18.2. The second kappa shape index (κ2) is 11.0. The van der Waals surface area contributed by atoms with E-state index in [1.807, 2.05) is 37.5 Å². The van der Waals surface area contributed by atoms with Crippen LogP contribution in [0, 0.1) is 6.92 Å². The summed E-state index contributed by atoms with van der Waals surface area (Å²) in [6, 6.07) is 3.96. The average molecular weight is 472 g/mol. The topological polar surface area (TPSA) is 80.3 Å². The van der Waals surface area contributed by atoms with Gasteiger partial charge in [0.1, 0.15) is 23.7 Å². The Kier molecular flexibility index (Phi) is 9.39. The molecule has 1 atom stereocenters. The summed E-state index contributed by atoms with van der Waals surface area (Å²) in [4.78, 5) is 4.57. The second-order valence-corrected chi connectivity index (χ2v) is 6.16. The van der Waals surface area contributed by atoms with Crippen molar-refractivity contribution in [2.24, 2.45) is 4.99 Å². The van der Waals surface area contributed by atoms with Crippen molar-refractivity contribution in [2.75, 3.05) is 13.1 Å². The second-order valence-electron chi connectivity index (χ2n) is 6.16. The summed E-state index contributed by atoms with van der Waals surface area (Å²) in [5, 5.41) is 14.8. The fourth-order valence-corrected chi connectivity index (χ4v) is 2.36. The molecule has 0 aromatic carbocycles. The standard InChI is InChI=1S/C18H28N6O.HI/c1-6-17-23-21-12-24(17)10-9-19-18(20-11-13(2)3)22-15(5)16-8-7-14(4)25-16;/h7-8,12,15H,2,6,9-11H2,1,3-5H3,(H2,19,20,22);1H. The van der Waals surface area contributed by atoms with Crippen molar-refractivity contribution >= 4 is 29.9 Å². The lowest BCUT2D eigenvalue weighted by molar-refractivity contribution is 0.441. The summed E-state index contributed by atoms with van der Waals surface area (Å²) in [6.07, 6.45) is 2.62. The predicted octanol–water partition coefficient (Wildman–Crippen LogP) is 3.23. The van der Waals surface area contributed by atoms with Crippen LogP contribution in [-0.2, 0) is 13.0 Å². The van der Waals surface area contributed by atoms with E-state index in [1.165, 1.54) is 0 Å². The third kappa shape index (κ3) is 6.81. The first kappa shape index (κ1) is 22.2. The molecule has 2 rings (SSSR count). The number of furan rings is 1. The molecular formula is C18H29IN6O. The van der Waals surface area contributed by atoms with Gasteiger partial charge in [0.05, 0.1) is 12.6 Å². The Balaban J connectivity index is 0.00000338. The lowest BCUT2D eigenvalue weighted by atomic mass is 10.2. The molecule has 144 valence electrons. The number of nitrogens with one attached hydrogen (secondary N) is 2. The van der Waals surface area contributed by atoms with Gasteiger partial charge in [0.15, 0.2) is 5.96 Å². The van der Waals surface area contributed by atoms with Gasteiger partial charge < -0.3 is 19.6 Å². The van der Waals surface area contributed by atoms with Crippen LogP contribution < -0.4 is 10.6 Å². The number of hydrogen-bond donors (Lipinski definition) is 2. The first-order chi connectivity index (χ1) is 12.0. The number of guanidine groups is 1. The summed E-state index contributed by atoms with van der Waals surface area (Å²) in [6.45, 7) is 14.0. The van der Waals surface area contributed by atoms with Gasteiger partial charge in [-0.25, -0.2) is 4.99 Å². The highest BCUT2D eigenvalue weighted by atomic mass is 127. The average Bonchev–Trinajstić information content (AvgIpc) is 3.20. The molecule has 2 aromatic heterocycles. The lowest BCUT2D eigenvalue weighted by Gasteiger charge is -2.17. The third-order valence-corrected chi connectivity index (χ3v) is 3.71. The predicted molar refractivity (Wildman–Crippen MR) is 115 cm³/mol. The van der Waals surface area contributed by atoms with E-state index in [1.54, 1.807) is 6.33 Å².